The molecule has 0 spiro atoms. The van der Waals surface area contributed by atoms with E-state index < -0.39 is 92.6 Å². The maximum absolute atomic E-state index is 13.8. The molecule has 0 bridgehead atoms. The Morgan fingerprint density at radius 2 is 0.791 bits per heavy atom. The molecular formula is C80H122N6O24. The third-order valence-electron chi connectivity index (χ3n) is 16.8. The van der Waals surface area contributed by atoms with Crippen molar-refractivity contribution in [3.63, 3.8) is 0 Å². The zero-order chi connectivity index (χ0) is 84.8. The number of aryl methyl sites for hydroxylation is 2. The molecule has 0 aliphatic rings. The molecule has 2 aromatic heterocycles. The van der Waals surface area contributed by atoms with Crippen LogP contribution in [0.25, 0.3) is 0 Å². The molecule has 0 aliphatic heterocycles. The molecule has 30 heteroatoms. The van der Waals surface area contributed by atoms with Gasteiger partial charge in [-0.25, -0.2) is 38.7 Å². The first-order valence-electron chi connectivity index (χ1n) is 36.5. The number of carbonyl (C=O) groups is 12. The molecule has 2 amide bonds. The maximum atomic E-state index is 13.8. The highest BCUT2D eigenvalue weighted by atomic mass is 16.6. The number of esters is 10. The second kappa shape index (κ2) is 52.0. The molecule has 110 heavy (non-hydrogen) atoms. The van der Waals surface area contributed by atoms with Gasteiger partial charge in [-0.15, -0.1) is 0 Å². The second-order valence-electron chi connectivity index (χ2n) is 28.4. The number of ether oxygens (including phenoxy) is 10. The van der Waals surface area contributed by atoms with Crippen LogP contribution in [-0.2, 0) is 118 Å². The van der Waals surface area contributed by atoms with Crippen molar-refractivity contribution in [1.29, 1.82) is 0 Å². The number of amides is 2. The van der Waals surface area contributed by atoms with Gasteiger partial charge in [0.2, 0.25) is 11.8 Å². The summed E-state index contributed by atoms with van der Waals surface area (Å²) in [5, 5.41) is 5.19. The van der Waals surface area contributed by atoms with Crippen LogP contribution in [0, 0.1) is 46.8 Å². The first-order valence-corrected chi connectivity index (χ1v) is 36.5. The van der Waals surface area contributed by atoms with Gasteiger partial charge in [-0.05, 0) is 134 Å². The van der Waals surface area contributed by atoms with E-state index in [-0.39, 0.29) is 149 Å². The van der Waals surface area contributed by atoms with Crippen LogP contribution in [0.1, 0.15) is 198 Å². The lowest BCUT2D eigenvalue weighted by atomic mass is 9.73. The number of nitrogens with one attached hydrogen (secondary N) is 4. The molecule has 2 aromatic rings. The first-order chi connectivity index (χ1) is 51.2. The molecule has 0 saturated carbocycles. The predicted octanol–water partition coefficient (Wildman–Crippen LogP) is 9.61. The van der Waals surface area contributed by atoms with Gasteiger partial charge in [0.05, 0.1) is 72.1 Å². The zero-order valence-electron chi connectivity index (χ0n) is 68.2. The lowest BCUT2D eigenvalue weighted by molar-refractivity contribution is -0.171. The minimum Gasteiger partial charge on any atom is -0.465 e. The van der Waals surface area contributed by atoms with Gasteiger partial charge in [-0.2, -0.15) is 0 Å². The fourth-order valence-corrected chi connectivity index (χ4v) is 8.71. The summed E-state index contributed by atoms with van der Waals surface area (Å²) < 4.78 is 53.2. The summed E-state index contributed by atoms with van der Waals surface area (Å²) in [5.74, 6) is -6.54. The van der Waals surface area contributed by atoms with E-state index in [0.29, 0.717) is 61.5 Å². The normalized spacial score (nSPS) is 12.2. The maximum Gasteiger partial charge on any atom is 0.333 e. The molecule has 3 atom stereocenters. The molecule has 3 unspecified atom stereocenters. The highest BCUT2D eigenvalue weighted by Gasteiger charge is 2.45. The van der Waals surface area contributed by atoms with Crippen LogP contribution in [0.4, 0.5) is 0 Å². The summed E-state index contributed by atoms with van der Waals surface area (Å²) >= 11 is 0. The van der Waals surface area contributed by atoms with Gasteiger partial charge in [0.15, 0.2) is 0 Å². The third-order valence-corrected chi connectivity index (χ3v) is 16.8. The van der Waals surface area contributed by atoms with E-state index >= 15 is 0 Å². The standard InChI is InChI=1S/C42H67N3O12.C18H26O6.C13H17N3O4.C7H12O2/c1-13-17-19-53-35(49)30(24-41(12,15-3)38(52)54-20-18-43-32(46)22-31-44-29(7)21-33(47)45-31)23-40(10,11)37(51)57-27-42(16-4,25-55-34(48)28(5)6)26-56-36(50)39(8,9)14-2;1-8-18(9-22-15(19)12(2)3,10-23-16(20)13(4)5)11-24-17(21)14(6)7;1-8(2)13(19)20-5-4-14-11(17)7-10-15-9(3)6-12(18)16-10;1-3-5-6-9-7(8)4-2/h21,30H,5,13-20,22-27H2,1-4,6-12H3,(H,43,46)(H,44,45,47);2,4,6,8-11H2,1,3,5,7H3;6H,1,4-5,7H2,2-3H3,(H,14,17)(H,15,16,18);4H,2-3,5-6H2,1H3. The molecule has 2 heterocycles. The average molecular weight is 1550 g/mol. The Morgan fingerprint density at radius 3 is 1.12 bits per heavy atom. The number of H-pyrrole nitrogens is 2. The number of hydrogen-bond donors (Lipinski definition) is 4. The van der Waals surface area contributed by atoms with E-state index in [4.69, 9.17) is 42.6 Å². The van der Waals surface area contributed by atoms with Gasteiger partial charge >= 0.3 is 59.7 Å². The smallest absolute Gasteiger partial charge is 0.333 e. The Morgan fingerprint density at radius 1 is 0.445 bits per heavy atom. The summed E-state index contributed by atoms with van der Waals surface area (Å²) in [6.45, 7) is 51.4. The SMILES string of the molecule is C=C(C)C(=O)OCC(CC)(COC(=O)C(=C)C)COC(=O)C(=C)C.C=C(C)C(=O)OCC(CC)(COC(=O)C(C)(C)CC)COC(=O)C(C)(C)CC(CC(C)(CC)C(=O)OCCNC(=O)Cc1nc(C)cc(=O)[nH]1)C(=O)OCCCC.C=C(C)C(=O)OCCNC(=O)Cc1nc(C)cc(=O)[nH]1.C=CC(=O)OCCCC. The number of nitrogens with zero attached hydrogens (tertiary/aromatic N) is 2. The highest BCUT2D eigenvalue weighted by molar-refractivity contribution is 5.89. The van der Waals surface area contributed by atoms with E-state index in [1.54, 1.807) is 69.2 Å². The highest BCUT2D eigenvalue weighted by Crippen LogP contribution is 2.39. The summed E-state index contributed by atoms with van der Waals surface area (Å²) in [4.78, 5) is 183. The molecule has 0 radical (unpaired) electrons. The minimum atomic E-state index is -1.26. The van der Waals surface area contributed by atoms with Gasteiger partial charge < -0.3 is 68.0 Å². The Balaban J connectivity index is 0. The number of aromatic amines is 2. The third kappa shape index (κ3) is 42.0. The lowest BCUT2D eigenvalue weighted by Gasteiger charge is -2.35. The van der Waals surface area contributed by atoms with E-state index in [1.165, 1.54) is 45.9 Å². The number of aromatic nitrogens is 4. The van der Waals surface area contributed by atoms with Crippen LogP contribution >= 0.6 is 0 Å². The zero-order valence-corrected chi connectivity index (χ0v) is 68.2. The minimum absolute atomic E-state index is 0.00166. The van der Waals surface area contributed by atoms with Crippen molar-refractivity contribution in [1.82, 2.24) is 30.6 Å². The molecular weight excluding hydrogens is 1430 g/mol. The van der Waals surface area contributed by atoms with Gasteiger partial charge in [-0.3, -0.25) is 38.4 Å². The fourth-order valence-electron chi connectivity index (χ4n) is 8.71. The van der Waals surface area contributed by atoms with Crippen LogP contribution < -0.4 is 21.8 Å². The fraction of sp³-hybridized carbons (Fsp3) is 0.600. The van der Waals surface area contributed by atoms with Crippen LogP contribution in [0.2, 0.25) is 0 Å². The van der Waals surface area contributed by atoms with Crippen LogP contribution in [0.15, 0.2) is 95.1 Å². The van der Waals surface area contributed by atoms with Crippen molar-refractivity contribution in [2.75, 3.05) is 79.2 Å². The van der Waals surface area contributed by atoms with E-state index in [1.807, 2.05) is 27.7 Å². The lowest BCUT2D eigenvalue weighted by Crippen LogP contribution is -2.42. The van der Waals surface area contributed by atoms with Gasteiger partial charge in [-0.1, -0.05) is 93.9 Å². The Bertz CT molecular complexity index is 3550. The van der Waals surface area contributed by atoms with E-state index in [0.717, 1.165) is 19.3 Å². The number of unbranched alkanes of at least 4 members (excludes halogenated alkanes) is 2. The summed E-state index contributed by atoms with van der Waals surface area (Å²) in [6.07, 6.45) is 5.94. The van der Waals surface area contributed by atoms with Crippen molar-refractivity contribution < 1.29 is 105 Å². The monoisotopic (exact) mass is 1550 g/mol. The first kappa shape index (κ1) is 102. The number of hydrogen-bond acceptors (Lipinski definition) is 26. The number of rotatable bonds is 46. The van der Waals surface area contributed by atoms with Crippen molar-refractivity contribution >= 4 is 71.5 Å². The number of carbonyl (C=O) groups excluding carboxylic acids is 12. The topological polar surface area (TPSA) is 413 Å². The molecule has 0 fully saturated rings. The Labute approximate surface area is 647 Å². The van der Waals surface area contributed by atoms with Gasteiger partial charge in [0.25, 0.3) is 11.1 Å². The summed E-state index contributed by atoms with van der Waals surface area (Å²) in [6, 6.07) is 2.66. The Kier molecular flexibility index (Phi) is 48.2. The van der Waals surface area contributed by atoms with Gasteiger partial charge in [0, 0.05) is 57.5 Å². The summed E-state index contributed by atoms with van der Waals surface area (Å²) in [7, 11) is 0. The molecule has 0 saturated heterocycles. The Hall–Kier alpha value is -10.2. The average Bonchev–Trinajstić information content (AvgIpc) is 0.817. The van der Waals surface area contributed by atoms with Crippen LogP contribution in [0.3, 0.4) is 0 Å². The van der Waals surface area contributed by atoms with Crippen molar-refractivity contribution in [3.8, 4) is 0 Å². The van der Waals surface area contributed by atoms with E-state index in [9.17, 15) is 67.1 Å². The van der Waals surface area contributed by atoms with Crippen molar-refractivity contribution in [2.45, 2.75) is 202 Å². The second-order valence-corrected chi connectivity index (χ2v) is 28.4. The van der Waals surface area contributed by atoms with Crippen molar-refractivity contribution in [3.05, 3.63) is 129 Å². The molecule has 0 aromatic carbocycles. The van der Waals surface area contributed by atoms with Crippen LogP contribution in [-0.4, -0.2) is 171 Å². The largest absolute Gasteiger partial charge is 0.465 e. The molecule has 0 aliphatic carbocycles. The predicted molar refractivity (Wildman–Crippen MR) is 411 cm³/mol. The summed E-state index contributed by atoms with van der Waals surface area (Å²) in [5.41, 5.74) is -3.52. The van der Waals surface area contributed by atoms with E-state index in [2.05, 4.69) is 74.8 Å². The molecule has 616 valence electrons. The molecule has 4 N–H and O–H groups in total. The van der Waals surface area contributed by atoms with Crippen molar-refractivity contribution in [2.24, 2.45) is 33.0 Å². The van der Waals surface area contributed by atoms with Crippen LogP contribution in [0.5, 0.6) is 0 Å². The van der Waals surface area contributed by atoms with Gasteiger partial charge in [0.1, 0.15) is 64.5 Å². The quantitative estimate of drug-likeness (QED) is 0.0207. The molecule has 30 nitrogen and oxygen atoms in total. The molecule has 2 rings (SSSR count).